The highest BCUT2D eigenvalue weighted by molar-refractivity contribution is 5.95. The van der Waals surface area contributed by atoms with E-state index < -0.39 is 0 Å². The highest BCUT2D eigenvalue weighted by Crippen LogP contribution is 2.36. The maximum absolute atomic E-state index is 12.5. The van der Waals surface area contributed by atoms with Crippen LogP contribution in [0, 0.1) is 13.8 Å². The van der Waals surface area contributed by atoms with E-state index in [4.69, 9.17) is 0 Å². The average Bonchev–Trinajstić information content (AvgIpc) is 2.88. The second-order valence-corrected chi connectivity index (χ2v) is 6.74. The van der Waals surface area contributed by atoms with Crippen molar-refractivity contribution in [2.24, 2.45) is 14.1 Å². The molecular weight excluding hydrogens is 322 g/mol. The van der Waals surface area contributed by atoms with Gasteiger partial charge in [0.05, 0.1) is 0 Å². The van der Waals surface area contributed by atoms with Gasteiger partial charge in [-0.25, -0.2) is 0 Å². The predicted octanol–water partition coefficient (Wildman–Crippen LogP) is 0.299. The van der Waals surface area contributed by atoms with Crippen molar-refractivity contribution in [1.82, 2.24) is 24.6 Å². The van der Waals surface area contributed by atoms with Crippen LogP contribution in [-0.2, 0) is 20.7 Å². The SMILES string of the molecule is Cc1cc(C)n(C)c(=O)c1C(=O)NC1CC(c2nnc(CO)n2C)C1. The van der Waals surface area contributed by atoms with Gasteiger partial charge in [-0.3, -0.25) is 9.59 Å². The summed E-state index contributed by atoms with van der Waals surface area (Å²) in [5.41, 5.74) is 1.45. The molecule has 0 aromatic carbocycles. The Hall–Kier alpha value is -2.48. The highest BCUT2D eigenvalue weighted by atomic mass is 16.3. The lowest BCUT2D eigenvalue weighted by Gasteiger charge is -2.35. The number of amides is 1. The van der Waals surface area contributed by atoms with Gasteiger partial charge in [-0.05, 0) is 38.3 Å². The number of nitrogens with one attached hydrogen (secondary N) is 1. The first-order chi connectivity index (χ1) is 11.8. The Morgan fingerprint density at radius 2 is 1.96 bits per heavy atom. The van der Waals surface area contributed by atoms with E-state index in [0.29, 0.717) is 11.4 Å². The number of hydrogen-bond donors (Lipinski definition) is 2. The molecule has 1 amide bonds. The lowest BCUT2D eigenvalue weighted by Crippen LogP contribution is -2.46. The van der Waals surface area contributed by atoms with E-state index in [1.54, 1.807) is 18.5 Å². The van der Waals surface area contributed by atoms with Crippen molar-refractivity contribution in [3.8, 4) is 0 Å². The summed E-state index contributed by atoms with van der Waals surface area (Å²) in [6.45, 7) is 3.48. The van der Waals surface area contributed by atoms with Crippen molar-refractivity contribution >= 4 is 5.91 Å². The van der Waals surface area contributed by atoms with Gasteiger partial charge in [-0.1, -0.05) is 0 Å². The second-order valence-electron chi connectivity index (χ2n) is 6.74. The number of rotatable bonds is 4. The molecule has 0 spiro atoms. The fraction of sp³-hybridized carbons (Fsp3) is 0.529. The van der Waals surface area contributed by atoms with E-state index >= 15 is 0 Å². The van der Waals surface area contributed by atoms with Gasteiger partial charge in [0.1, 0.15) is 18.0 Å². The van der Waals surface area contributed by atoms with Crippen molar-refractivity contribution in [1.29, 1.82) is 0 Å². The molecule has 0 atom stereocenters. The first kappa shape index (κ1) is 17.3. The van der Waals surface area contributed by atoms with E-state index in [1.165, 1.54) is 4.57 Å². The van der Waals surface area contributed by atoms with Gasteiger partial charge in [0.25, 0.3) is 11.5 Å². The van der Waals surface area contributed by atoms with Gasteiger partial charge >= 0.3 is 0 Å². The minimum atomic E-state index is -0.324. The molecule has 2 heterocycles. The lowest BCUT2D eigenvalue weighted by molar-refractivity contribution is 0.0904. The first-order valence-corrected chi connectivity index (χ1v) is 8.30. The van der Waals surface area contributed by atoms with Gasteiger partial charge in [-0.2, -0.15) is 0 Å². The Balaban J connectivity index is 1.68. The fourth-order valence-corrected chi connectivity index (χ4v) is 3.33. The number of aliphatic hydroxyl groups is 1. The molecule has 2 aromatic rings. The quantitative estimate of drug-likeness (QED) is 0.830. The maximum Gasteiger partial charge on any atom is 0.263 e. The third kappa shape index (κ3) is 2.97. The molecule has 3 rings (SSSR count). The summed E-state index contributed by atoms with van der Waals surface area (Å²) >= 11 is 0. The molecule has 134 valence electrons. The van der Waals surface area contributed by atoms with Crippen LogP contribution in [-0.4, -0.2) is 36.4 Å². The van der Waals surface area contributed by atoms with Crippen LogP contribution < -0.4 is 10.9 Å². The second kappa shape index (κ2) is 6.44. The zero-order valence-corrected chi connectivity index (χ0v) is 14.9. The number of carbonyl (C=O) groups excluding carboxylic acids is 1. The average molecular weight is 345 g/mol. The zero-order chi connectivity index (χ0) is 18.3. The molecule has 0 radical (unpaired) electrons. The number of aromatic nitrogens is 4. The van der Waals surface area contributed by atoms with Gasteiger partial charge in [0.15, 0.2) is 5.82 Å². The summed E-state index contributed by atoms with van der Waals surface area (Å²) in [7, 11) is 3.49. The molecule has 8 heteroatoms. The number of hydrogen-bond acceptors (Lipinski definition) is 5. The Labute approximate surface area is 145 Å². The summed E-state index contributed by atoms with van der Waals surface area (Å²) in [5.74, 6) is 1.22. The minimum absolute atomic E-state index is 0.0113. The van der Waals surface area contributed by atoms with Crippen LogP contribution in [0.3, 0.4) is 0 Å². The molecule has 0 bridgehead atoms. The number of aryl methyl sites for hydroxylation is 2. The number of nitrogens with zero attached hydrogens (tertiary/aromatic N) is 4. The van der Waals surface area contributed by atoms with Crippen molar-refractivity contribution in [3.63, 3.8) is 0 Å². The fourth-order valence-electron chi connectivity index (χ4n) is 3.33. The van der Waals surface area contributed by atoms with Crippen molar-refractivity contribution in [3.05, 3.63) is 44.9 Å². The molecule has 25 heavy (non-hydrogen) atoms. The molecule has 1 aliphatic carbocycles. The third-order valence-electron chi connectivity index (χ3n) is 5.07. The summed E-state index contributed by atoms with van der Waals surface area (Å²) in [4.78, 5) is 24.9. The van der Waals surface area contributed by atoms with Crippen LogP contribution in [0.4, 0.5) is 0 Å². The minimum Gasteiger partial charge on any atom is -0.388 e. The molecule has 1 saturated carbocycles. The van der Waals surface area contributed by atoms with Gasteiger partial charge < -0.3 is 19.6 Å². The Bertz CT molecular complexity index is 877. The normalized spacial score (nSPS) is 19.6. The zero-order valence-electron chi connectivity index (χ0n) is 14.9. The Morgan fingerprint density at radius 3 is 2.56 bits per heavy atom. The molecule has 2 aromatic heterocycles. The molecule has 0 aliphatic heterocycles. The van der Waals surface area contributed by atoms with Gasteiger partial charge in [0.2, 0.25) is 0 Å². The monoisotopic (exact) mass is 345 g/mol. The Morgan fingerprint density at radius 1 is 1.28 bits per heavy atom. The van der Waals surface area contributed by atoms with Crippen LogP contribution in [0.15, 0.2) is 10.9 Å². The summed E-state index contributed by atoms with van der Waals surface area (Å²) in [6.07, 6.45) is 1.49. The maximum atomic E-state index is 12.5. The number of aliphatic hydroxyl groups excluding tert-OH is 1. The molecule has 0 saturated heterocycles. The van der Waals surface area contributed by atoms with Crippen molar-refractivity contribution in [2.45, 2.75) is 45.3 Å². The van der Waals surface area contributed by atoms with Crippen LogP contribution in [0.25, 0.3) is 0 Å². The number of pyridine rings is 1. The smallest absolute Gasteiger partial charge is 0.263 e. The molecule has 2 N–H and O–H groups in total. The van der Waals surface area contributed by atoms with E-state index in [2.05, 4.69) is 15.5 Å². The van der Waals surface area contributed by atoms with Crippen LogP contribution in [0.2, 0.25) is 0 Å². The van der Waals surface area contributed by atoms with Crippen LogP contribution in [0.5, 0.6) is 0 Å². The Kier molecular flexibility index (Phi) is 4.47. The van der Waals surface area contributed by atoms with Crippen molar-refractivity contribution < 1.29 is 9.90 Å². The predicted molar refractivity (Wildman–Crippen MR) is 91.3 cm³/mol. The van der Waals surface area contributed by atoms with Gasteiger partial charge in [-0.15, -0.1) is 10.2 Å². The lowest BCUT2D eigenvalue weighted by atomic mass is 9.79. The molecule has 0 unspecified atom stereocenters. The molecular formula is C17H23N5O3. The standard InChI is InChI=1S/C17H23N5O3/c1-9-5-10(2)21(3)17(25)14(9)16(24)18-12-6-11(7-12)15-20-19-13(8-23)22(15)4/h5,11-12,23H,6-8H2,1-4H3,(H,18,24). The molecule has 8 nitrogen and oxygen atoms in total. The topological polar surface area (TPSA) is 102 Å². The van der Waals surface area contributed by atoms with E-state index in [9.17, 15) is 14.7 Å². The largest absolute Gasteiger partial charge is 0.388 e. The van der Waals surface area contributed by atoms with E-state index in [0.717, 1.165) is 24.4 Å². The van der Waals surface area contributed by atoms with Crippen LogP contribution in [0.1, 0.15) is 52.0 Å². The summed E-state index contributed by atoms with van der Waals surface area (Å²) in [6, 6.07) is 1.85. The third-order valence-corrected chi connectivity index (χ3v) is 5.07. The highest BCUT2D eigenvalue weighted by Gasteiger charge is 2.35. The van der Waals surface area contributed by atoms with Crippen LogP contribution >= 0.6 is 0 Å². The van der Waals surface area contributed by atoms with Crippen molar-refractivity contribution in [2.75, 3.05) is 0 Å². The van der Waals surface area contributed by atoms with Gasteiger partial charge in [0, 0.05) is 31.7 Å². The number of carbonyl (C=O) groups is 1. The first-order valence-electron chi connectivity index (χ1n) is 8.30. The molecule has 1 aliphatic rings. The molecule has 1 fully saturated rings. The van der Waals surface area contributed by atoms with E-state index in [-0.39, 0.29) is 35.6 Å². The summed E-state index contributed by atoms with van der Waals surface area (Å²) in [5, 5.41) is 20.2. The summed E-state index contributed by atoms with van der Waals surface area (Å²) < 4.78 is 3.28. The van der Waals surface area contributed by atoms with E-state index in [1.807, 2.05) is 20.0 Å².